The summed E-state index contributed by atoms with van der Waals surface area (Å²) in [5, 5.41) is 4.81. The van der Waals surface area contributed by atoms with E-state index in [4.69, 9.17) is 10.1 Å². The van der Waals surface area contributed by atoms with Crippen molar-refractivity contribution in [2.75, 3.05) is 0 Å². The van der Waals surface area contributed by atoms with Crippen molar-refractivity contribution >= 4 is 0 Å². The molecular formula is C22H17N3. The minimum Gasteiger partial charge on any atom is -0.245 e. The van der Waals surface area contributed by atoms with E-state index in [-0.39, 0.29) is 0 Å². The van der Waals surface area contributed by atoms with Gasteiger partial charge in [-0.1, -0.05) is 78.9 Å². The molecule has 5 rings (SSSR count). The molecule has 3 nitrogen and oxygen atoms in total. The van der Waals surface area contributed by atoms with Crippen LogP contribution in [0.1, 0.15) is 5.56 Å². The Morgan fingerprint density at radius 2 is 1.36 bits per heavy atom. The molecule has 0 amide bonds. The lowest BCUT2D eigenvalue weighted by Crippen LogP contribution is -2.11. The largest absolute Gasteiger partial charge is 0.245 e. The Bertz CT molecular complexity index is 1050. The fraction of sp³-hybridized carbons (Fsp3) is 0.0909. The van der Waals surface area contributed by atoms with Gasteiger partial charge in [0.1, 0.15) is 0 Å². The molecule has 1 aliphatic heterocycles. The van der Waals surface area contributed by atoms with Gasteiger partial charge in [-0.3, -0.25) is 0 Å². The molecule has 0 spiro atoms. The van der Waals surface area contributed by atoms with Gasteiger partial charge in [0.05, 0.1) is 0 Å². The van der Waals surface area contributed by atoms with Gasteiger partial charge in [-0.2, -0.15) is 5.10 Å². The SMILES string of the molecule is c1ccc(-c2ccccc2-c2nc3n(n2)CCc2ccccc2-3)cc1. The standard InChI is InChI=1S/C22H17N3/c1-2-8-16(9-3-1)18-11-6-7-13-20(18)21-23-22-19-12-5-4-10-17(19)14-15-25(22)24-21/h1-13H,14-15H2. The molecule has 0 radical (unpaired) electrons. The highest BCUT2D eigenvalue weighted by molar-refractivity contribution is 5.81. The maximum Gasteiger partial charge on any atom is 0.182 e. The first kappa shape index (κ1) is 14.2. The molecule has 0 N–H and O–H groups in total. The minimum absolute atomic E-state index is 0.797. The second-order valence-electron chi connectivity index (χ2n) is 6.30. The van der Waals surface area contributed by atoms with E-state index in [1.807, 2.05) is 10.7 Å². The average Bonchev–Trinajstić information content (AvgIpc) is 3.13. The van der Waals surface area contributed by atoms with Crippen LogP contribution in [0, 0.1) is 0 Å². The van der Waals surface area contributed by atoms with Crippen LogP contribution in [0.25, 0.3) is 33.9 Å². The summed E-state index contributed by atoms with van der Waals surface area (Å²) in [6.45, 7) is 0.882. The first-order valence-corrected chi connectivity index (χ1v) is 8.58. The zero-order valence-electron chi connectivity index (χ0n) is 13.8. The van der Waals surface area contributed by atoms with E-state index >= 15 is 0 Å². The highest BCUT2D eigenvalue weighted by Gasteiger charge is 2.21. The Kier molecular flexibility index (Phi) is 3.23. The van der Waals surface area contributed by atoms with E-state index in [1.165, 1.54) is 22.3 Å². The highest BCUT2D eigenvalue weighted by Crippen LogP contribution is 2.33. The molecule has 0 saturated heterocycles. The fourth-order valence-electron chi connectivity index (χ4n) is 3.54. The molecule has 3 aromatic carbocycles. The number of hydrogen-bond donors (Lipinski definition) is 0. The summed E-state index contributed by atoms with van der Waals surface area (Å²) in [5.41, 5.74) is 5.98. The van der Waals surface area contributed by atoms with Crippen molar-refractivity contribution in [2.24, 2.45) is 0 Å². The van der Waals surface area contributed by atoms with Crippen molar-refractivity contribution in [2.45, 2.75) is 13.0 Å². The monoisotopic (exact) mass is 323 g/mol. The summed E-state index contributed by atoms with van der Waals surface area (Å²) in [5.74, 6) is 1.77. The molecule has 120 valence electrons. The van der Waals surface area contributed by atoms with Crippen LogP contribution in [0.5, 0.6) is 0 Å². The molecule has 0 atom stereocenters. The normalized spacial score (nSPS) is 12.5. The molecule has 0 unspecified atom stereocenters. The zero-order valence-corrected chi connectivity index (χ0v) is 13.8. The maximum absolute atomic E-state index is 4.90. The van der Waals surface area contributed by atoms with Gasteiger partial charge in [0.25, 0.3) is 0 Å². The third-order valence-electron chi connectivity index (χ3n) is 4.78. The Labute approximate surface area is 146 Å². The molecule has 25 heavy (non-hydrogen) atoms. The Hall–Kier alpha value is -3.20. The Balaban J connectivity index is 1.67. The minimum atomic E-state index is 0.797. The highest BCUT2D eigenvalue weighted by atomic mass is 15.3. The Morgan fingerprint density at radius 1 is 0.680 bits per heavy atom. The van der Waals surface area contributed by atoms with E-state index in [0.717, 1.165) is 30.2 Å². The number of fused-ring (bicyclic) bond motifs is 3. The number of rotatable bonds is 2. The Morgan fingerprint density at radius 3 is 2.20 bits per heavy atom. The van der Waals surface area contributed by atoms with Gasteiger partial charge in [0.15, 0.2) is 11.6 Å². The van der Waals surface area contributed by atoms with E-state index < -0.39 is 0 Å². The molecule has 1 aromatic heterocycles. The lowest BCUT2D eigenvalue weighted by Gasteiger charge is -2.15. The summed E-state index contributed by atoms with van der Waals surface area (Å²) in [7, 11) is 0. The quantitative estimate of drug-likeness (QED) is 0.529. The van der Waals surface area contributed by atoms with Crippen molar-refractivity contribution in [1.82, 2.24) is 14.8 Å². The lowest BCUT2D eigenvalue weighted by atomic mass is 9.99. The van der Waals surface area contributed by atoms with Gasteiger partial charge in [-0.05, 0) is 23.1 Å². The van der Waals surface area contributed by atoms with Gasteiger partial charge < -0.3 is 0 Å². The van der Waals surface area contributed by atoms with Crippen LogP contribution >= 0.6 is 0 Å². The predicted molar refractivity (Wildman–Crippen MR) is 100 cm³/mol. The molecule has 1 aliphatic rings. The van der Waals surface area contributed by atoms with Gasteiger partial charge in [-0.15, -0.1) is 0 Å². The number of aromatic nitrogens is 3. The van der Waals surface area contributed by atoms with E-state index in [9.17, 15) is 0 Å². The van der Waals surface area contributed by atoms with Crippen LogP contribution in [0.15, 0.2) is 78.9 Å². The smallest absolute Gasteiger partial charge is 0.182 e. The topological polar surface area (TPSA) is 30.7 Å². The second kappa shape index (κ2) is 5.71. The van der Waals surface area contributed by atoms with Crippen LogP contribution in [-0.4, -0.2) is 14.8 Å². The molecule has 0 fully saturated rings. The third kappa shape index (κ3) is 2.36. The first-order valence-electron chi connectivity index (χ1n) is 8.58. The van der Waals surface area contributed by atoms with Crippen LogP contribution in [0.4, 0.5) is 0 Å². The molecule has 0 aliphatic carbocycles. The number of benzene rings is 3. The number of hydrogen-bond acceptors (Lipinski definition) is 2. The second-order valence-corrected chi connectivity index (χ2v) is 6.30. The third-order valence-corrected chi connectivity index (χ3v) is 4.78. The van der Waals surface area contributed by atoms with Crippen LogP contribution in [0.2, 0.25) is 0 Å². The van der Waals surface area contributed by atoms with Gasteiger partial charge in [-0.25, -0.2) is 9.67 Å². The molecule has 3 heteroatoms. The van der Waals surface area contributed by atoms with Crippen LogP contribution in [-0.2, 0) is 13.0 Å². The zero-order chi connectivity index (χ0) is 16.6. The van der Waals surface area contributed by atoms with E-state index in [2.05, 4.69) is 72.8 Å². The van der Waals surface area contributed by atoms with Gasteiger partial charge in [0, 0.05) is 17.7 Å². The number of nitrogens with zero attached hydrogens (tertiary/aromatic N) is 3. The first-order chi connectivity index (χ1) is 12.4. The van der Waals surface area contributed by atoms with Crippen LogP contribution < -0.4 is 0 Å². The molecule has 0 bridgehead atoms. The maximum atomic E-state index is 4.90. The summed E-state index contributed by atoms with van der Waals surface area (Å²) in [6, 6.07) is 27.3. The van der Waals surface area contributed by atoms with Crippen molar-refractivity contribution in [3.63, 3.8) is 0 Å². The molecular weight excluding hydrogens is 306 g/mol. The fourth-order valence-corrected chi connectivity index (χ4v) is 3.54. The van der Waals surface area contributed by atoms with E-state index in [0.29, 0.717) is 0 Å². The molecule has 4 aromatic rings. The average molecular weight is 323 g/mol. The lowest BCUT2D eigenvalue weighted by molar-refractivity contribution is 0.607. The summed E-state index contributed by atoms with van der Waals surface area (Å²) in [6.07, 6.45) is 1.01. The molecule has 0 saturated carbocycles. The van der Waals surface area contributed by atoms with Crippen molar-refractivity contribution in [3.05, 3.63) is 84.4 Å². The number of aryl methyl sites for hydroxylation is 2. The molecule has 2 heterocycles. The summed E-state index contributed by atoms with van der Waals surface area (Å²) < 4.78 is 2.04. The van der Waals surface area contributed by atoms with Crippen LogP contribution in [0.3, 0.4) is 0 Å². The predicted octanol–water partition coefficient (Wildman–Crippen LogP) is 4.84. The van der Waals surface area contributed by atoms with Crippen molar-refractivity contribution in [3.8, 4) is 33.9 Å². The van der Waals surface area contributed by atoms with Crippen molar-refractivity contribution in [1.29, 1.82) is 0 Å². The van der Waals surface area contributed by atoms with Crippen molar-refractivity contribution < 1.29 is 0 Å². The summed E-state index contributed by atoms with van der Waals surface area (Å²) in [4.78, 5) is 4.90. The summed E-state index contributed by atoms with van der Waals surface area (Å²) >= 11 is 0. The van der Waals surface area contributed by atoms with Gasteiger partial charge in [0.2, 0.25) is 0 Å². The van der Waals surface area contributed by atoms with E-state index in [1.54, 1.807) is 0 Å². The van der Waals surface area contributed by atoms with Gasteiger partial charge >= 0.3 is 0 Å².